The van der Waals surface area contributed by atoms with Gasteiger partial charge in [0.1, 0.15) is 5.75 Å². The zero-order valence-electron chi connectivity index (χ0n) is 20.5. The Labute approximate surface area is 210 Å². The Hall–Kier alpha value is -3.58. The molecule has 4 rings (SSSR count). The summed E-state index contributed by atoms with van der Waals surface area (Å²) >= 11 is 1.39. The quantitative estimate of drug-likeness (QED) is 0.301. The fourth-order valence-electron chi connectivity index (χ4n) is 4.19. The fraction of sp³-hybridized carbons (Fsp3) is 0.250. The van der Waals surface area contributed by atoms with Crippen molar-refractivity contribution >= 4 is 23.4 Å². The second-order valence-corrected chi connectivity index (χ2v) is 9.45. The Morgan fingerprint density at radius 3 is 2.37 bits per heavy atom. The molecule has 0 unspecified atom stereocenters. The maximum absolute atomic E-state index is 12.8. The van der Waals surface area contributed by atoms with E-state index in [-0.39, 0.29) is 11.7 Å². The molecule has 0 radical (unpaired) electrons. The topological polar surface area (TPSA) is 69.0 Å². The number of benzene rings is 3. The molecule has 180 valence electrons. The van der Waals surface area contributed by atoms with Gasteiger partial charge in [0.05, 0.1) is 18.4 Å². The molecule has 1 N–H and O–H groups in total. The van der Waals surface area contributed by atoms with Gasteiger partial charge >= 0.3 is 0 Å². The van der Waals surface area contributed by atoms with Gasteiger partial charge in [0.2, 0.25) is 5.91 Å². The molecule has 0 fully saturated rings. The number of para-hydroxylation sites is 1. The fourth-order valence-corrected chi connectivity index (χ4v) is 4.96. The Morgan fingerprint density at radius 2 is 1.66 bits per heavy atom. The molecule has 1 aromatic heterocycles. The third-order valence-electron chi connectivity index (χ3n) is 5.81. The highest BCUT2D eigenvalue weighted by molar-refractivity contribution is 7.99. The molecule has 0 saturated heterocycles. The van der Waals surface area contributed by atoms with E-state index in [0.717, 1.165) is 40.4 Å². The van der Waals surface area contributed by atoms with Crippen molar-refractivity contribution in [3.8, 4) is 17.1 Å². The Morgan fingerprint density at radius 1 is 0.971 bits per heavy atom. The first-order valence-electron chi connectivity index (χ1n) is 11.6. The molecule has 0 saturated carbocycles. The molecular formula is C28H30N4O2S. The normalized spacial score (nSPS) is 10.9. The number of nitrogens with zero attached hydrogens (tertiary/aromatic N) is 3. The monoisotopic (exact) mass is 486 g/mol. The molecule has 1 amide bonds. The first-order valence-corrected chi connectivity index (χ1v) is 12.6. The summed E-state index contributed by atoms with van der Waals surface area (Å²) in [5.41, 5.74) is 6.28. The van der Waals surface area contributed by atoms with Gasteiger partial charge in [-0.15, -0.1) is 10.2 Å². The van der Waals surface area contributed by atoms with Crippen molar-refractivity contribution in [2.45, 2.75) is 38.9 Å². The highest BCUT2D eigenvalue weighted by Gasteiger charge is 2.19. The van der Waals surface area contributed by atoms with Gasteiger partial charge in [-0.1, -0.05) is 71.9 Å². The zero-order valence-corrected chi connectivity index (χ0v) is 21.4. The van der Waals surface area contributed by atoms with Crippen molar-refractivity contribution in [1.82, 2.24) is 14.8 Å². The van der Waals surface area contributed by atoms with Crippen LogP contribution >= 0.6 is 11.8 Å². The van der Waals surface area contributed by atoms with Gasteiger partial charge in [0.25, 0.3) is 0 Å². The second-order valence-electron chi connectivity index (χ2n) is 8.50. The van der Waals surface area contributed by atoms with E-state index < -0.39 is 0 Å². The SMILES string of the molecule is COc1ccccc1-c1nnc(SCC(=O)Nc2c(C)cc(C)cc2C)n1CCc1ccccc1. The molecule has 0 aliphatic heterocycles. The largest absolute Gasteiger partial charge is 0.496 e. The molecule has 0 atom stereocenters. The average Bonchev–Trinajstić information content (AvgIpc) is 3.26. The number of hydrogen-bond donors (Lipinski definition) is 1. The second kappa shape index (κ2) is 11.2. The third-order valence-corrected chi connectivity index (χ3v) is 6.77. The van der Waals surface area contributed by atoms with Crippen molar-refractivity contribution < 1.29 is 9.53 Å². The van der Waals surface area contributed by atoms with Crippen LogP contribution in [0.15, 0.2) is 71.9 Å². The Kier molecular flexibility index (Phi) is 7.87. The third kappa shape index (κ3) is 5.92. The van der Waals surface area contributed by atoms with Crippen LogP contribution in [0.3, 0.4) is 0 Å². The number of ether oxygens (including phenoxy) is 1. The smallest absolute Gasteiger partial charge is 0.234 e. The van der Waals surface area contributed by atoms with Gasteiger partial charge in [-0.2, -0.15) is 0 Å². The standard InChI is InChI=1S/C28H30N4O2S/c1-19-16-20(2)26(21(3)17-19)29-25(33)18-35-28-31-30-27(23-12-8-9-13-24(23)34-4)32(28)15-14-22-10-6-5-7-11-22/h5-13,16-17H,14-15,18H2,1-4H3,(H,29,33). The summed E-state index contributed by atoms with van der Waals surface area (Å²) in [6, 6.07) is 22.3. The number of rotatable bonds is 9. The number of methoxy groups -OCH3 is 1. The van der Waals surface area contributed by atoms with Crippen LogP contribution in [0.5, 0.6) is 5.75 Å². The van der Waals surface area contributed by atoms with Crippen LogP contribution in [0, 0.1) is 20.8 Å². The Bertz CT molecular complexity index is 1290. The molecule has 0 aliphatic carbocycles. The maximum Gasteiger partial charge on any atom is 0.234 e. The predicted molar refractivity (Wildman–Crippen MR) is 142 cm³/mol. The lowest BCUT2D eigenvalue weighted by molar-refractivity contribution is -0.113. The summed E-state index contributed by atoms with van der Waals surface area (Å²) in [7, 11) is 1.65. The molecule has 0 bridgehead atoms. The molecule has 7 heteroatoms. The average molecular weight is 487 g/mol. The minimum Gasteiger partial charge on any atom is -0.496 e. The molecule has 6 nitrogen and oxygen atoms in total. The molecule has 1 heterocycles. The lowest BCUT2D eigenvalue weighted by atomic mass is 10.1. The van der Waals surface area contributed by atoms with Crippen molar-refractivity contribution in [1.29, 1.82) is 0 Å². The van der Waals surface area contributed by atoms with E-state index in [0.29, 0.717) is 11.7 Å². The number of hydrogen-bond acceptors (Lipinski definition) is 5. The summed E-state index contributed by atoms with van der Waals surface area (Å²) in [5.74, 6) is 1.63. The van der Waals surface area contributed by atoms with Crippen LogP contribution in [0.25, 0.3) is 11.4 Å². The molecule has 4 aromatic rings. The molecule has 35 heavy (non-hydrogen) atoms. The number of carbonyl (C=O) groups is 1. The van der Waals surface area contributed by atoms with Crippen LogP contribution in [-0.4, -0.2) is 33.5 Å². The summed E-state index contributed by atoms with van der Waals surface area (Å²) in [4.78, 5) is 12.8. The van der Waals surface area contributed by atoms with Gasteiger partial charge in [-0.25, -0.2) is 0 Å². The highest BCUT2D eigenvalue weighted by atomic mass is 32.2. The first kappa shape index (κ1) is 24.5. The van der Waals surface area contributed by atoms with Gasteiger partial charge in [0.15, 0.2) is 11.0 Å². The van der Waals surface area contributed by atoms with Crippen molar-refractivity contribution in [3.05, 3.63) is 89.0 Å². The predicted octanol–water partition coefficient (Wildman–Crippen LogP) is 5.85. The first-order chi connectivity index (χ1) is 17.0. The zero-order chi connectivity index (χ0) is 24.8. The summed E-state index contributed by atoms with van der Waals surface area (Å²) in [6.07, 6.45) is 0.822. The molecule has 0 spiro atoms. The highest BCUT2D eigenvalue weighted by Crippen LogP contribution is 2.31. The van der Waals surface area contributed by atoms with E-state index in [2.05, 4.69) is 51.3 Å². The minimum absolute atomic E-state index is 0.0681. The summed E-state index contributed by atoms with van der Waals surface area (Å²) < 4.78 is 7.64. The van der Waals surface area contributed by atoms with Gasteiger partial charge < -0.3 is 14.6 Å². The number of aromatic nitrogens is 3. The lowest BCUT2D eigenvalue weighted by Gasteiger charge is -2.14. The van der Waals surface area contributed by atoms with Crippen molar-refractivity contribution in [2.24, 2.45) is 0 Å². The Balaban J connectivity index is 1.56. The number of anilines is 1. The van der Waals surface area contributed by atoms with Crippen LogP contribution in [-0.2, 0) is 17.8 Å². The van der Waals surface area contributed by atoms with Crippen LogP contribution < -0.4 is 10.1 Å². The van der Waals surface area contributed by atoms with Crippen molar-refractivity contribution in [3.63, 3.8) is 0 Å². The van der Waals surface area contributed by atoms with E-state index >= 15 is 0 Å². The maximum atomic E-state index is 12.8. The lowest BCUT2D eigenvalue weighted by Crippen LogP contribution is -2.16. The molecular weight excluding hydrogens is 456 g/mol. The van der Waals surface area contributed by atoms with E-state index in [4.69, 9.17) is 4.74 Å². The molecule has 0 aliphatic rings. The van der Waals surface area contributed by atoms with Gasteiger partial charge in [0, 0.05) is 12.2 Å². The van der Waals surface area contributed by atoms with E-state index in [1.165, 1.54) is 22.9 Å². The van der Waals surface area contributed by atoms with Crippen LogP contribution in [0.4, 0.5) is 5.69 Å². The van der Waals surface area contributed by atoms with Crippen LogP contribution in [0.2, 0.25) is 0 Å². The van der Waals surface area contributed by atoms with Gasteiger partial charge in [-0.3, -0.25) is 4.79 Å². The van der Waals surface area contributed by atoms with Crippen LogP contribution in [0.1, 0.15) is 22.3 Å². The number of nitrogens with one attached hydrogen (secondary N) is 1. The number of thioether (sulfide) groups is 1. The number of amides is 1. The minimum atomic E-state index is -0.0681. The van der Waals surface area contributed by atoms with Crippen molar-refractivity contribution in [2.75, 3.05) is 18.2 Å². The van der Waals surface area contributed by atoms with E-state index in [1.807, 2.05) is 56.3 Å². The molecule has 3 aromatic carbocycles. The summed E-state index contributed by atoms with van der Waals surface area (Å²) in [6.45, 7) is 6.78. The number of carbonyl (C=O) groups excluding carboxylic acids is 1. The van der Waals surface area contributed by atoms with E-state index in [9.17, 15) is 4.79 Å². The number of aryl methyl sites for hydroxylation is 4. The van der Waals surface area contributed by atoms with E-state index in [1.54, 1.807) is 7.11 Å². The summed E-state index contributed by atoms with van der Waals surface area (Å²) in [5, 5.41) is 12.7. The van der Waals surface area contributed by atoms with Gasteiger partial charge in [-0.05, 0) is 56.0 Å².